The van der Waals surface area contributed by atoms with E-state index in [1.165, 1.54) is 7.11 Å². The lowest BCUT2D eigenvalue weighted by atomic mass is 9.93. The highest BCUT2D eigenvalue weighted by molar-refractivity contribution is 7.99. The minimum atomic E-state index is -0.577. The molecule has 0 saturated carbocycles. The molecular weight excluding hydrogens is 348 g/mol. The average Bonchev–Trinajstić information content (AvgIpc) is 2.68. The Morgan fingerprint density at radius 1 is 1.12 bits per heavy atom. The van der Waals surface area contributed by atoms with Crippen molar-refractivity contribution in [2.75, 3.05) is 12.9 Å². The predicted octanol–water partition coefficient (Wildman–Crippen LogP) is 3.74. The molecule has 1 aliphatic rings. The van der Waals surface area contributed by atoms with Gasteiger partial charge in [-0.3, -0.25) is 0 Å². The highest BCUT2D eigenvalue weighted by atomic mass is 32.2. The molecule has 2 N–H and O–H groups in total. The quantitative estimate of drug-likeness (QED) is 0.623. The van der Waals surface area contributed by atoms with E-state index in [0.717, 1.165) is 21.8 Å². The maximum Gasteiger partial charge on any atom is 0.338 e. The van der Waals surface area contributed by atoms with Crippen molar-refractivity contribution < 1.29 is 14.3 Å². The maximum atomic E-state index is 12.5. The van der Waals surface area contributed by atoms with Crippen molar-refractivity contribution in [1.29, 1.82) is 0 Å². The summed E-state index contributed by atoms with van der Waals surface area (Å²) >= 11 is 1.74. The molecule has 1 unspecified atom stereocenters. The van der Waals surface area contributed by atoms with Gasteiger partial charge in [0.25, 0.3) is 0 Å². The molecule has 0 aliphatic carbocycles. The molecule has 3 rings (SSSR count). The zero-order valence-corrected chi connectivity index (χ0v) is 15.4. The Morgan fingerprint density at radius 3 is 2.42 bits per heavy atom. The number of hydrogen-bond donors (Lipinski definition) is 2. The largest absolute Gasteiger partial charge is 0.466 e. The van der Waals surface area contributed by atoms with Crippen LogP contribution in [-0.2, 0) is 9.53 Å². The third kappa shape index (κ3) is 3.75. The number of hydrogen-bond acceptors (Lipinski definition) is 4. The fraction of sp³-hybridized carbons (Fsp3) is 0.200. The second kappa shape index (κ2) is 8.10. The molecule has 1 heterocycles. The van der Waals surface area contributed by atoms with Gasteiger partial charge in [-0.05, 0) is 29.0 Å². The Morgan fingerprint density at radius 2 is 1.81 bits per heavy atom. The number of benzene rings is 2. The van der Waals surface area contributed by atoms with Crippen molar-refractivity contribution in [3.05, 3.63) is 71.3 Å². The fourth-order valence-electron chi connectivity index (χ4n) is 2.90. The van der Waals surface area contributed by atoms with Crippen molar-refractivity contribution in [2.45, 2.75) is 17.9 Å². The minimum absolute atomic E-state index is 0.353. The van der Waals surface area contributed by atoms with Crippen LogP contribution in [0.2, 0.25) is 0 Å². The number of ether oxygens (including phenoxy) is 1. The summed E-state index contributed by atoms with van der Waals surface area (Å²) in [5, 5.41) is 5.59. The summed E-state index contributed by atoms with van der Waals surface area (Å²) in [7, 11) is 1.34. The summed E-state index contributed by atoms with van der Waals surface area (Å²) in [6, 6.07) is 16.2. The molecule has 2 amide bonds. The highest BCUT2D eigenvalue weighted by Gasteiger charge is 2.33. The van der Waals surface area contributed by atoms with Crippen LogP contribution in [0, 0.1) is 0 Å². The monoisotopic (exact) mass is 368 g/mol. The van der Waals surface area contributed by atoms with Crippen LogP contribution in [-0.4, -0.2) is 24.9 Å². The van der Waals surface area contributed by atoms with Gasteiger partial charge in [-0.25, -0.2) is 9.59 Å². The number of carbonyl (C=O) groups is 2. The van der Waals surface area contributed by atoms with Crippen LogP contribution in [0.3, 0.4) is 0 Å². The summed E-state index contributed by atoms with van der Waals surface area (Å²) < 4.78 is 5.00. The van der Waals surface area contributed by atoms with E-state index in [1.54, 1.807) is 11.8 Å². The molecule has 2 aromatic rings. The number of nitrogens with one attached hydrogen (secondary N) is 2. The molecule has 0 radical (unpaired) electrons. The van der Waals surface area contributed by atoms with Gasteiger partial charge in [0.2, 0.25) is 0 Å². The molecule has 26 heavy (non-hydrogen) atoms. The minimum Gasteiger partial charge on any atom is -0.466 e. The van der Waals surface area contributed by atoms with Crippen molar-refractivity contribution in [1.82, 2.24) is 10.6 Å². The molecule has 5 nitrogen and oxygen atoms in total. The maximum absolute atomic E-state index is 12.5. The summed E-state index contributed by atoms with van der Waals surface area (Å²) in [5.74, 6) is 0.503. The van der Waals surface area contributed by atoms with Crippen LogP contribution >= 0.6 is 11.8 Å². The number of thioether (sulfide) groups is 1. The Balaban J connectivity index is 2.09. The standard InChI is InChI=1S/C20H20N2O3S/c1-3-26-15-11-9-14(10-12-15)18-16(19(23)25-2)17(21-20(24)22-18)13-7-5-4-6-8-13/h4-12,18H,3H2,1-2H3,(H2,21,22,24). The van der Waals surface area contributed by atoms with Gasteiger partial charge < -0.3 is 15.4 Å². The zero-order valence-electron chi connectivity index (χ0n) is 14.6. The first-order valence-electron chi connectivity index (χ1n) is 8.32. The Hall–Kier alpha value is -2.73. The number of amides is 2. The number of methoxy groups -OCH3 is 1. The van der Waals surface area contributed by atoms with Gasteiger partial charge >= 0.3 is 12.0 Å². The summed E-state index contributed by atoms with van der Waals surface area (Å²) in [6.07, 6.45) is 0. The van der Waals surface area contributed by atoms with Gasteiger partial charge in [0, 0.05) is 4.90 Å². The van der Waals surface area contributed by atoms with Gasteiger partial charge in [0.15, 0.2) is 0 Å². The van der Waals surface area contributed by atoms with Crippen LogP contribution in [0.15, 0.2) is 65.1 Å². The van der Waals surface area contributed by atoms with Crippen LogP contribution in [0.25, 0.3) is 5.70 Å². The van der Waals surface area contributed by atoms with Crippen LogP contribution in [0.4, 0.5) is 4.79 Å². The molecule has 0 fully saturated rings. The number of carbonyl (C=O) groups excluding carboxylic acids is 2. The van der Waals surface area contributed by atoms with Crippen molar-refractivity contribution in [3.8, 4) is 0 Å². The normalized spacial score (nSPS) is 16.7. The van der Waals surface area contributed by atoms with Gasteiger partial charge in [-0.2, -0.15) is 0 Å². The lowest BCUT2D eigenvalue weighted by Gasteiger charge is -2.29. The summed E-state index contributed by atoms with van der Waals surface area (Å²) in [4.78, 5) is 25.9. The van der Waals surface area contributed by atoms with Gasteiger partial charge in [0.05, 0.1) is 24.4 Å². The third-order valence-electron chi connectivity index (χ3n) is 4.06. The van der Waals surface area contributed by atoms with E-state index in [-0.39, 0.29) is 6.03 Å². The second-order valence-corrected chi connectivity index (χ2v) is 7.02. The fourth-order valence-corrected chi connectivity index (χ4v) is 3.56. The van der Waals surface area contributed by atoms with Crippen LogP contribution < -0.4 is 10.6 Å². The average molecular weight is 368 g/mol. The number of rotatable bonds is 5. The SMILES string of the molecule is CCSc1ccc(C2NC(=O)NC(c3ccccc3)=C2C(=O)OC)cc1. The van der Waals surface area contributed by atoms with Crippen LogP contribution in [0.5, 0.6) is 0 Å². The van der Waals surface area contributed by atoms with Crippen molar-refractivity contribution in [2.24, 2.45) is 0 Å². The van der Waals surface area contributed by atoms with E-state index in [4.69, 9.17) is 4.74 Å². The first-order chi connectivity index (χ1) is 12.6. The molecule has 134 valence electrons. The first-order valence-corrected chi connectivity index (χ1v) is 9.30. The summed E-state index contributed by atoms with van der Waals surface area (Å²) in [5.41, 5.74) is 2.44. The molecule has 1 atom stereocenters. The van der Waals surface area contributed by atoms with E-state index in [0.29, 0.717) is 11.3 Å². The Kier molecular flexibility index (Phi) is 5.63. The van der Waals surface area contributed by atoms with E-state index in [1.807, 2.05) is 54.6 Å². The van der Waals surface area contributed by atoms with Crippen LogP contribution in [0.1, 0.15) is 24.1 Å². The van der Waals surface area contributed by atoms with Gasteiger partial charge in [0.1, 0.15) is 0 Å². The zero-order chi connectivity index (χ0) is 18.5. The molecule has 0 saturated heterocycles. The number of esters is 1. The smallest absolute Gasteiger partial charge is 0.338 e. The first kappa shape index (κ1) is 18.1. The Bertz CT molecular complexity index is 832. The Labute approximate surface area is 156 Å². The van der Waals surface area contributed by atoms with Crippen molar-refractivity contribution >= 4 is 29.5 Å². The summed E-state index contributed by atoms with van der Waals surface area (Å²) in [6.45, 7) is 2.09. The third-order valence-corrected chi connectivity index (χ3v) is 4.96. The molecule has 0 bridgehead atoms. The number of urea groups is 1. The molecule has 0 spiro atoms. The predicted molar refractivity (Wildman–Crippen MR) is 103 cm³/mol. The van der Waals surface area contributed by atoms with Crippen molar-refractivity contribution in [3.63, 3.8) is 0 Å². The highest BCUT2D eigenvalue weighted by Crippen LogP contribution is 2.32. The molecule has 1 aliphatic heterocycles. The molecule has 2 aromatic carbocycles. The molecule has 6 heteroatoms. The topological polar surface area (TPSA) is 67.4 Å². The second-order valence-electron chi connectivity index (χ2n) is 5.68. The van der Waals surface area contributed by atoms with E-state index < -0.39 is 12.0 Å². The molecular formula is C20H20N2O3S. The lowest BCUT2D eigenvalue weighted by molar-refractivity contribution is -0.136. The van der Waals surface area contributed by atoms with E-state index >= 15 is 0 Å². The van der Waals surface area contributed by atoms with E-state index in [9.17, 15) is 9.59 Å². The lowest BCUT2D eigenvalue weighted by Crippen LogP contribution is -2.45. The van der Waals surface area contributed by atoms with E-state index in [2.05, 4.69) is 17.6 Å². The van der Waals surface area contributed by atoms with Gasteiger partial charge in [-0.15, -0.1) is 11.8 Å². The molecule has 0 aromatic heterocycles. The van der Waals surface area contributed by atoms with Gasteiger partial charge in [-0.1, -0.05) is 49.4 Å².